The molecule has 1 aliphatic rings. The molecule has 0 radical (unpaired) electrons. The predicted octanol–water partition coefficient (Wildman–Crippen LogP) is 3.48. The summed E-state index contributed by atoms with van der Waals surface area (Å²) < 4.78 is 11.0. The lowest BCUT2D eigenvalue weighted by Crippen LogP contribution is -2.23. The first-order valence-corrected chi connectivity index (χ1v) is 8.18. The number of carbonyl (C=O) groups is 1. The van der Waals surface area contributed by atoms with Crippen molar-refractivity contribution in [3.8, 4) is 11.5 Å². The average Bonchev–Trinajstić information content (AvgIpc) is 2.61. The largest absolute Gasteiger partial charge is 0.486 e. The van der Waals surface area contributed by atoms with Gasteiger partial charge in [-0.05, 0) is 47.9 Å². The zero-order chi connectivity index (χ0) is 16.8. The van der Waals surface area contributed by atoms with Crippen molar-refractivity contribution in [2.75, 3.05) is 19.8 Å². The molecule has 0 aliphatic carbocycles. The van der Waals surface area contributed by atoms with Crippen molar-refractivity contribution in [1.29, 1.82) is 0 Å². The fraction of sp³-hybridized carbons (Fsp3) is 0.211. The highest BCUT2D eigenvalue weighted by molar-refractivity contribution is 6.30. The molecule has 1 aliphatic heterocycles. The maximum Gasteiger partial charge on any atom is 0.244 e. The Labute approximate surface area is 146 Å². The number of hydrogen-bond acceptors (Lipinski definition) is 3. The van der Waals surface area contributed by atoms with Crippen molar-refractivity contribution in [2.45, 2.75) is 6.42 Å². The molecule has 0 atom stereocenters. The summed E-state index contributed by atoms with van der Waals surface area (Å²) in [4.78, 5) is 11.9. The SMILES string of the molecule is O=C(/C=C/c1ccc2c(c1)OCCO2)NCCc1ccc(Cl)cc1. The van der Waals surface area contributed by atoms with Gasteiger partial charge in [0.2, 0.25) is 5.91 Å². The third-order valence-corrected chi connectivity index (χ3v) is 3.87. The van der Waals surface area contributed by atoms with Crippen LogP contribution in [0.15, 0.2) is 48.5 Å². The van der Waals surface area contributed by atoms with Crippen LogP contribution in [0.25, 0.3) is 6.08 Å². The second-order valence-electron chi connectivity index (χ2n) is 5.40. The van der Waals surface area contributed by atoms with Crippen LogP contribution in [0, 0.1) is 0 Å². The van der Waals surface area contributed by atoms with Crippen molar-refractivity contribution >= 4 is 23.6 Å². The van der Waals surface area contributed by atoms with Crippen LogP contribution in [0.5, 0.6) is 11.5 Å². The van der Waals surface area contributed by atoms with Crippen LogP contribution < -0.4 is 14.8 Å². The second-order valence-corrected chi connectivity index (χ2v) is 5.84. The van der Waals surface area contributed by atoms with Gasteiger partial charge in [-0.25, -0.2) is 0 Å². The Kier molecular flexibility index (Phi) is 5.39. The summed E-state index contributed by atoms with van der Waals surface area (Å²) in [5, 5.41) is 3.58. The van der Waals surface area contributed by atoms with Crippen LogP contribution in [0.1, 0.15) is 11.1 Å². The predicted molar refractivity (Wildman–Crippen MR) is 94.6 cm³/mol. The van der Waals surface area contributed by atoms with Gasteiger partial charge in [-0.1, -0.05) is 29.8 Å². The summed E-state index contributed by atoms with van der Waals surface area (Å²) in [6.07, 6.45) is 4.05. The molecule has 4 nitrogen and oxygen atoms in total. The molecule has 2 aromatic rings. The number of hydrogen-bond donors (Lipinski definition) is 1. The summed E-state index contributed by atoms with van der Waals surface area (Å²) in [5.74, 6) is 1.33. The number of amides is 1. The standard InChI is InChI=1S/C19H18ClNO3/c20-16-5-1-14(2-6-16)9-10-21-19(22)8-4-15-3-7-17-18(13-15)24-12-11-23-17/h1-8,13H,9-12H2,(H,21,22)/b8-4+. The van der Waals surface area contributed by atoms with Gasteiger partial charge in [0, 0.05) is 17.6 Å². The lowest BCUT2D eigenvalue weighted by Gasteiger charge is -2.18. The van der Waals surface area contributed by atoms with Crippen molar-refractivity contribution in [3.63, 3.8) is 0 Å². The van der Waals surface area contributed by atoms with E-state index in [-0.39, 0.29) is 5.91 Å². The highest BCUT2D eigenvalue weighted by atomic mass is 35.5. The molecule has 3 rings (SSSR count). The Balaban J connectivity index is 1.49. The number of nitrogens with one attached hydrogen (secondary N) is 1. The van der Waals surface area contributed by atoms with Crippen LogP contribution in [-0.4, -0.2) is 25.7 Å². The molecule has 1 N–H and O–H groups in total. The molecule has 5 heteroatoms. The van der Waals surface area contributed by atoms with Crippen LogP contribution in [-0.2, 0) is 11.2 Å². The highest BCUT2D eigenvalue weighted by Gasteiger charge is 2.10. The number of benzene rings is 2. The number of fused-ring (bicyclic) bond motifs is 1. The summed E-state index contributed by atoms with van der Waals surface area (Å²) in [7, 11) is 0. The van der Waals surface area contributed by atoms with E-state index in [0.717, 1.165) is 23.3 Å². The Bertz CT molecular complexity index is 741. The van der Waals surface area contributed by atoms with Crippen molar-refractivity contribution < 1.29 is 14.3 Å². The third kappa shape index (κ3) is 4.52. The quantitative estimate of drug-likeness (QED) is 0.845. The minimum absolute atomic E-state index is 0.126. The minimum Gasteiger partial charge on any atom is -0.486 e. The van der Waals surface area contributed by atoms with E-state index in [1.54, 1.807) is 6.08 Å². The zero-order valence-electron chi connectivity index (χ0n) is 13.1. The minimum atomic E-state index is -0.126. The monoisotopic (exact) mass is 343 g/mol. The van der Waals surface area contributed by atoms with E-state index < -0.39 is 0 Å². The molecule has 0 saturated carbocycles. The molecular formula is C19H18ClNO3. The molecule has 2 aromatic carbocycles. The normalized spacial score (nSPS) is 13.0. The van der Waals surface area contributed by atoms with Gasteiger partial charge in [-0.3, -0.25) is 4.79 Å². The third-order valence-electron chi connectivity index (χ3n) is 3.62. The molecule has 24 heavy (non-hydrogen) atoms. The number of carbonyl (C=O) groups excluding carboxylic acids is 1. The van der Waals surface area contributed by atoms with Gasteiger partial charge in [-0.15, -0.1) is 0 Å². The van der Waals surface area contributed by atoms with E-state index >= 15 is 0 Å². The van der Waals surface area contributed by atoms with Crippen LogP contribution in [0.2, 0.25) is 5.02 Å². The van der Waals surface area contributed by atoms with Crippen molar-refractivity contribution in [1.82, 2.24) is 5.32 Å². The Morgan fingerprint density at radius 3 is 2.62 bits per heavy atom. The summed E-state index contributed by atoms with van der Waals surface area (Å²) in [5.41, 5.74) is 2.03. The van der Waals surface area contributed by atoms with E-state index in [1.165, 1.54) is 6.08 Å². The summed E-state index contributed by atoms with van der Waals surface area (Å²) in [6.45, 7) is 1.69. The maximum atomic E-state index is 11.9. The number of halogens is 1. The first-order chi connectivity index (χ1) is 11.7. The molecular weight excluding hydrogens is 326 g/mol. The molecule has 0 aromatic heterocycles. The maximum absolute atomic E-state index is 11.9. The van der Waals surface area contributed by atoms with Crippen LogP contribution >= 0.6 is 11.6 Å². The van der Waals surface area contributed by atoms with Gasteiger partial charge in [0.05, 0.1) is 0 Å². The molecule has 1 heterocycles. The first-order valence-electron chi connectivity index (χ1n) is 7.81. The molecule has 0 fully saturated rings. The Morgan fingerprint density at radius 1 is 1.08 bits per heavy atom. The van der Waals surface area contributed by atoms with Crippen LogP contribution in [0.4, 0.5) is 0 Å². The summed E-state index contributed by atoms with van der Waals surface area (Å²) in [6, 6.07) is 13.2. The number of ether oxygens (including phenoxy) is 2. The van der Waals surface area contributed by atoms with Gasteiger partial charge < -0.3 is 14.8 Å². The average molecular weight is 344 g/mol. The van der Waals surface area contributed by atoms with E-state index in [2.05, 4.69) is 5.32 Å². The van der Waals surface area contributed by atoms with Gasteiger partial charge in [0.25, 0.3) is 0 Å². The van der Waals surface area contributed by atoms with Gasteiger partial charge in [0.1, 0.15) is 13.2 Å². The van der Waals surface area contributed by atoms with Crippen LogP contribution in [0.3, 0.4) is 0 Å². The molecule has 1 amide bonds. The highest BCUT2D eigenvalue weighted by Crippen LogP contribution is 2.31. The van der Waals surface area contributed by atoms with Crippen molar-refractivity contribution in [3.05, 3.63) is 64.7 Å². The fourth-order valence-electron chi connectivity index (χ4n) is 2.38. The van der Waals surface area contributed by atoms with Gasteiger partial charge in [0.15, 0.2) is 11.5 Å². The number of rotatable bonds is 5. The zero-order valence-corrected chi connectivity index (χ0v) is 13.9. The lowest BCUT2D eigenvalue weighted by molar-refractivity contribution is -0.116. The molecule has 0 saturated heterocycles. The Hall–Kier alpha value is -2.46. The molecule has 0 bridgehead atoms. The van der Waals surface area contributed by atoms with Gasteiger partial charge >= 0.3 is 0 Å². The topological polar surface area (TPSA) is 47.6 Å². The molecule has 124 valence electrons. The van der Waals surface area contributed by atoms with E-state index in [4.69, 9.17) is 21.1 Å². The first kappa shape index (κ1) is 16.4. The van der Waals surface area contributed by atoms with E-state index in [1.807, 2.05) is 42.5 Å². The van der Waals surface area contributed by atoms with Crippen molar-refractivity contribution in [2.24, 2.45) is 0 Å². The molecule has 0 unspecified atom stereocenters. The summed E-state index contributed by atoms with van der Waals surface area (Å²) >= 11 is 5.84. The smallest absolute Gasteiger partial charge is 0.244 e. The van der Waals surface area contributed by atoms with Gasteiger partial charge in [-0.2, -0.15) is 0 Å². The molecule has 0 spiro atoms. The second kappa shape index (κ2) is 7.88. The Morgan fingerprint density at radius 2 is 1.83 bits per heavy atom. The van der Waals surface area contributed by atoms with E-state index in [0.29, 0.717) is 30.5 Å². The fourth-order valence-corrected chi connectivity index (χ4v) is 2.50. The van der Waals surface area contributed by atoms with E-state index in [9.17, 15) is 4.79 Å². The lowest BCUT2D eigenvalue weighted by atomic mass is 10.1.